The summed E-state index contributed by atoms with van der Waals surface area (Å²) in [6.45, 7) is 6.22. The van der Waals surface area contributed by atoms with Crippen LogP contribution in [0.4, 0.5) is 5.69 Å². The van der Waals surface area contributed by atoms with E-state index in [0.29, 0.717) is 18.7 Å². The summed E-state index contributed by atoms with van der Waals surface area (Å²) in [4.78, 5) is 26.1. The number of piperidine rings is 1. The maximum atomic E-state index is 12.2. The first-order valence-electron chi connectivity index (χ1n) is 8.09. The van der Waals surface area contributed by atoms with Gasteiger partial charge in [0, 0.05) is 24.3 Å². The van der Waals surface area contributed by atoms with E-state index in [1.165, 1.54) is 0 Å². The normalized spacial score (nSPS) is 17.0. The minimum atomic E-state index is -0.106. The van der Waals surface area contributed by atoms with Crippen molar-refractivity contribution in [3.05, 3.63) is 29.8 Å². The van der Waals surface area contributed by atoms with Crippen LogP contribution >= 0.6 is 12.4 Å². The van der Waals surface area contributed by atoms with Crippen LogP contribution in [0.25, 0.3) is 0 Å². The predicted octanol–water partition coefficient (Wildman–Crippen LogP) is 2.67. The van der Waals surface area contributed by atoms with Gasteiger partial charge in [-0.2, -0.15) is 0 Å². The van der Waals surface area contributed by atoms with Crippen molar-refractivity contribution in [3.63, 3.8) is 0 Å². The molecule has 0 aliphatic carbocycles. The summed E-state index contributed by atoms with van der Waals surface area (Å²) in [7, 11) is 0. The number of anilines is 1. The number of nitrogens with one attached hydrogen (secondary N) is 2. The van der Waals surface area contributed by atoms with Gasteiger partial charge in [0.25, 0.3) is 5.91 Å². The minimum Gasteiger partial charge on any atom is -0.339 e. The van der Waals surface area contributed by atoms with Crippen LogP contribution in [0.15, 0.2) is 24.3 Å². The van der Waals surface area contributed by atoms with Gasteiger partial charge in [-0.3, -0.25) is 9.59 Å². The molecule has 2 rings (SSSR count). The third-order valence-corrected chi connectivity index (χ3v) is 4.08. The van der Waals surface area contributed by atoms with Gasteiger partial charge in [0.1, 0.15) is 0 Å². The van der Waals surface area contributed by atoms with Crippen molar-refractivity contribution in [2.24, 2.45) is 0 Å². The molecule has 0 bridgehead atoms. The maximum Gasteiger partial charge on any atom is 0.253 e. The molecule has 1 atom stereocenters. The second kappa shape index (κ2) is 9.53. The smallest absolute Gasteiger partial charge is 0.253 e. The molecule has 1 aliphatic heterocycles. The van der Waals surface area contributed by atoms with Crippen molar-refractivity contribution >= 4 is 29.9 Å². The number of halogens is 1. The number of carbonyl (C=O) groups is 2. The molecule has 0 radical (unpaired) electrons. The molecule has 0 saturated carbocycles. The number of amides is 2. The zero-order valence-corrected chi connectivity index (χ0v) is 14.6. The largest absolute Gasteiger partial charge is 0.339 e. The average molecular weight is 340 g/mol. The molecule has 1 saturated heterocycles. The van der Waals surface area contributed by atoms with Gasteiger partial charge in [-0.15, -0.1) is 12.4 Å². The Morgan fingerprint density at radius 1 is 1.17 bits per heavy atom. The number of nitrogens with zero attached hydrogens (tertiary/aromatic N) is 1. The molecule has 0 aromatic heterocycles. The Balaban J connectivity index is 0.00000264. The summed E-state index contributed by atoms with van der Waals surface area (Å²) >= 11 is 0. The van der Waals surface area contributed by atoms with Gasteiger partial charge in [0.2, 0.25) is 5.91 Å². The number of carbonyl (C=O) groups excluding carboxylic acids is 2. The molecule has 1 fully saturated rings. The second-order valence-electron chi connectivity index (χ2n) is 5.55. The first kappa shape index (κ1) is 19.5. The van der Waals surface area contributed by atoms with Crippen LogP contribution < -0.4 is 10.6 Å². The highest BCUT2D eigenvalue weighted by atomic mass is 35.5. The van der Waals surface area contributed by atoms with Gasteiger partial charge in [-0.25, -0.2) is 0 Å². The van der Waals surface area contributed by atoms with E-state index in [0.717, 1.165) is 31.5 Å². The number of hydrogen-bond donors (Lipinski definition) is 2. The fourth-order valence-corrected chi connectivity index (χ4v) is 2.69. The molecule has 1 heterocycles. The molecule has 2 N–H and O–H groups in total. The third kappa shape index (κ3) is 5.22. The summed E-state index contributed by atoms with van der Waals surface area (Å²) < 4.78 is 0. The Bertz CT molecular complexity index is 509. The van der Waals surface area contributed by atoms with Gasteiger partial charge in [0.05, 0.1) is 6.04 Å². The van der Waals surface area contributed by atoms with Crippen molar-refractivity contribution in [2.75, 3.05) is 25.0 Å². The lowest BCUT2D eigenvalue weighted by atomic mass is 10.0. The first-order valence-corrected chi connectivity index (χ1v) is 8.09. The zero-order chi connectivity index (χ0) is 15.9. The van der Waals surface area contributed by atoms with Crippen LogP contribution in [0, 0.1) is 0 Å². The molecule has 0 spiro atoms. The van der Waals surface area contributed by atoms with Gasteiger partial charge in [-0.1, -0.05) is 6.42 Å². The van der Waals surface area contributed by atoms with Crippen molar-refractivity contribution in [1.82, 2.24) is 10.2 Å². The van der Waals surface area contributed by atoms with Crippen LogP contribution in [-0.2, 0) is 4.79 Å². The second-order valence-corrected chi connectivity index (χ2v) is 5.55. The van der Waals surface area contributed by atoms with Gasteiger partial charge in [0.15, 0.2) is 0 Å². The Morgan fingerprint density at radius 3 is 2.35 bits per heavy atom. The summed E-state index contributed by atoms with van der Waals surface area (Å²) in [5, 5.41) is 6.13. The minimum absolute atomic E-state index is 0. The Kier molecular flexibility index (Phi) is 8.06. The van der Waals surface area contributed by atoms with Crippen LogP contribution in [0.5, 0.6) is 0 Å². The SMILES string of the molecule is CCN(CC)C(=O)c1ccc(NC(=O)[C@@H]2CCCCN2)cc1.Cl. The average Bonchev–Trinajstić information content (AvgIpc) is 2.57. The van der Waals surface area contributed by atoms with E-state index in [1.54, 1.807) is 29.2 Å². The molecule has 1 aromatic rings. The molecule has 128 valence electrons. The van der Waals surface area contributed by atoms with Crippen molar-refractivity contribution in [1.29, 1.82) is 0 Å². The summed E-state index contributed by atoms with van der Waals surface area (Å²) in [5.74, 6) is 0.0272. The van der Waals surface area contributed by atoms with Crippen molar-refractivity contribution in [2.45, 2.75) is 39.2 Å². The van der Waals surface area contributed by atoms with Crippen molar-refractivity contribution < 1.29 is 9.59 Å². The molecule has 0 unspecified atom stereocenters. The lowest BCUT2D eigenvalue weighted by Gasteiger charge is -2.22. The van der Waals surface area contributed by atoms with E-state index in [-0.39, 0.29) is 30.3 Å². The molecule has 23 heavy (non-hydrogen) atoms. The Morgan fingerprint density at radius 2 is 1.83 bits per heavy atom. The maximum absolute atomic E-state index is 12.2. The van der Waals surface area contributed by atoms with Crippen LogP contribution in [0.3, 0.4) is 0 Å². The van der Waals surface area contributed by atoms with Gasteiger partial charge < -0.3 is 15.5 Å². The molecule has 1 aromatic carbocycles. The number of rotatable bonds is 5. The highest BCUT2D eigenvalue weighted by Crippen LogP contribution is 2.14. The van der Waals surface area contributed by atoms with E-state index < -0.39 is 0 Å². The first-order chi connectivity index (χ1) is 10.7. The highest BCUT2D eigenvalue weighted by molar-refractivity contribution is 5.97. The summed E-state index contributed by atoms with van der Waals surface area (Å²) in [6, 6.07) is 7.01. The Hall–Kier alpha value is -1.59. The van der Waals surface area contributed by atoms with E-state index in [4.69, 9.17) is 0 Å². The fraction of sp³-hybridized carbons (Fsp3) is 0.529. The molecular weight excluding hydrogens is 314 g/mol. The standard InChI is InChI=1S/C17H25N3O2.ClH/c1-3-20(4-2)17(22)13-8-10-14(11-9-13)19-16(21)15-7-5-6-12-18-15;/h8-11,15,18H,3-7,12H2,1-2H3,(H,19,21);1H/t15-;/m0./s1. The molecule has 1 aliphatic rings. The molecule has 2 amide bonds. The van der Waals surface area contributed by atoms with Crippen LogP contribution in [0.2, 0.25) is 0 Å². The lowest BCUT2D eigenvalue weighted by Crippen LogP contribution is -2.43. The Labute approximate surface area is 144 Å². The van der Waals surface area contributed by atoms with E-state index in [1.807, 2.05) is 13.8 Å². The van der Waals surface area contributed by atoms with E-state index >= 15 is 0 Å². The van der Waals surface area contributed by atoms with Crippen molar-refractivity contribution in [3.8, 4) is 0 Å². The highest BCUT2D eigenvalue weighted by Gasteiger charge is 2.20. The quantitative estimate of drug-likeness (QED) is 0.867. The van der Waals surface area contributed by atoms with Crippen LogP contribution in [0.1, 0.15) is 43.5 Å². The monoisotopic (exact) mass is 339 g/mol. The molecule has 6 heteroatoms. The number of hydrogen-bond acceptors (Lipinski definition) is 3. The van der Waals surface area contributed by atoms with Crippen LogP contribution in [-0.4, -0.2) is 42.4 Å². The van der Waals surface area contributed by atoms with E-state index in [2.05, 4.69) is 10.6 Å². The zero-order valence-electron chi connectivity index (χ0n) is 13.8. The predicted molar refractivity (Wildman–Crippen MR) is 95.2 cm³/mol. The summed E-state index contributed by atoms with van der Waals surface area (Å²) in [5.41, 5.74) is 1.38. The van der Waals surface area contributed by atoms with Gasteiger partial charge >= 0.3 is 0 Å². The third-order valence-electron chi connectivity index (χ3n) is 4.08. The summed E-state index contributed by atoms with van der Waals surface area (Å²) in [6.07, 6.45) is 3.10. The molecule has 5 nitrogen and oxygen atoms in total. The topological polar surface area (TPSA) is 61.4 Å². The molecular formula is C17H26ClN3O2. The number of benzene rings is 1. The lowest BCUT2D eigenvalue weighted by molar-refractivity contribution is -0.118. The van der Waals surface area contributed by atoms with Gasteiger partial charge in [-0.05, 0) is 57.5 Å². The fourth-order valence-electron chi connectivity index (χ4n) is 2.69. The van der Waals surface area contributed by atoms with E-state index in [9.17, 15) is 9.59 Å².